The first-order valence-electron chi connectivity index (χ1n) is 8.36. The summed E-state index contributed by atoms with van der Waals surface area (Å²) in [7, 11) is 0. The fraction of sp³-hybridized carbons (Fsp3) is 0.333. The second-order valence-electron chi connectivity index (χ2n) is 6.39. The van der Waals surface area contributed by atoms with E-state index in [0.717, 1.165) is 0 Å². The molecule has 150 valence electrons. The van der Waals surface area contributed by atoms with Crippen molar-refractivity contribution in [3.05, 3.63) is 53.6 Å². The molecule has 2 heterocycles. The van der Waals surface area contributed by atoms with Gasteiger partial charge in [-0.1, -0.05) is 12.1 Å². The lowest BCUT2D eigenvalue weighted by Crippen LogP contribution is -2.58. The van der Waals surface area contributed by atoms with Crippen LogP contribution in [0.4, 0.5) is 4.39 Å². The maximum Gasteiger partial charge on any atom is 0.314 e. The minimum atomic E-state index is -1.59. The summed E-state index contributed by atoms with van der Waals surface area (Å²) >= 11 is 0. The van der Waals surface area contributed by atoms with E-state index in [1.165, 1.54) is 35.5 Å². The van der Waals surface area contributed by atoms with Gasteiger partial charge in [0.15, 0.2) is 0 Å². The van der Waals surface area contributed by atoms with E-state index in [2.05, 4.69) is 10.2 Å². The molecule has 2 aromatic rings. The highest BCUT2D eigenvalue weighted by atomic mass is 19.1. The number of aliphatic hydroxyl groups excluding tert-OH is 1. The van der Waals surface area contributed by atoms with E-state index in [1.807, 2.05) is 0 Å². The van der Waals surface area contributed by atoms with Gasteiger partial charge in [-0.15, -0.1) is 0 Å². The third-order valence-electron chi connectivity index (χ3n) is 4.65. The van der Waals surface area contributed by atoms with Crippen molar-refractivity contribution in [3.8, 4) is 0 Å². The maximum absolute atomic E-state index is 13.5. The lowest BCUT2D eigenvalue weighted by Gasteiger charge is -2.43. The van der Waals surface area contributed by atoms with Crippen molar-refractivity contribution in [3.63, 3.8) is 0 Å². The number of aromatic amines is 1. The number of hydrogen-bond acceptors (Lipinski definition) is 5. The fourth-order valence-corrected chi connectivity index (χ4v) is 3.27. The number of aliphatic carboxylic acids is 1. The van der Waals surface area contributed by atoms with E-state index in [9.17, 15) is 24.2 Å². The van der Waals surface area contributed by atoms with Gasteiger partial charge in [0.05, 0.1) is 17.9 Å². The van der Waals surface area contributed by atoms with Crippen LogP contribution >= 0.6 is 0 Å². The fourth-order valence-electron chi connectivity index (χ4n) is 3.27. The molecule has 28 heavy (non-hydrogen) atoms. The molecule has 0 unspecified atom stereocenters. The summed E-state index contributed by atoms with van der Waals surface area (Å²) in [6, 6.07) is 5.61. The largest absolute Gasteiger partial charge is 0.483 e. The van der Waals surface area contributed by atoms with Gasteiger partial charge < -0.3 is 20.2 Å². The summed E-state index contributed by atoms with van der Waals surface area (Å²) in [6.45, 7) is -0.173. The van der Waals surface area contributed by atoms with Gasteiger partial charge in [0.2, 0.25) is 0 Å². The zero-order valence-corrected chi connectivity index (χ0v) is 14.8. The van der Waals surface area contributed by atoms with Gasteiger partial charge in [-0.05, 0) is 30.5 Å². The number of carbonyl (C=O) groups is 3. The van der Waals surface area contributed by atoms with Gasteiger partial charge in [0, 0.05) is 19.3 Å². The molecule has 1 saturated heterocycles. The lowest BCUT2D eigenvalue weighted by atomic mass is 9.72. The van der Waals surface area contributed by atoms with Crippen LogP contribution in [0.2, 0.25) is 0 Å². The first-order chi connectivity index (χ1) is 13.3. The Kier molecular flexibility index (Phi) is 6.83. The van der Waals surface area contributed by atoms with Crippen molar-refractivity contribution in [2.75, 3.05) is 13.1 Å². The molecule has 0 radical (unpaired) electrons. The Labute approximate surface area is 159 Å². The summed E-state index contributed by atoms with van der Waals surface area (Å²) in [5.74, 6) is -2.05. The zero-order chi connectivity index (χ0) is 20.7. The molecular formula is C18H20FN3O6. The number of likely N-dealkylation sites (tertiary alicyclic amines) is 1. The van der Waals surface area contributed by atoms with Gasteiger partial charge in [0.1, 0.15) is 11.2 Å². The molecule has 9 nitrogen and oxygen atoms in total. The predicted octanol–water partition coefficient (Wildman–Crippen LogP) is 0.770. The lowest BCUT2D eigenvalue weighted by molar-refractivity contribution is -0.161. The van der Waals surface area contributed by atoms with Crippen LogP contribution in [-0.2, 0) is 16.0 Å². The van der Waals surface area contributed by atoms with E-state index >= 15 is 0 Å². The van der Waals surface area contributed by atoms with E-state index in [-0.39, 0.29) is 38.3 Å². The van der Waals surface area contributed by atoms with Crippen LogP contribution in [-0.4, -0.2) is 68.0 Å². The number of amides is 1. The molecule has 0 saturated carbocycles. The van der Waals surface area contributed by atoms with Crippen LogP contribution in [0.25, 0.3) is 0 Å². The third-order valence-corrected chi connectivity index (χ3v) is 4.65. The normalized spacial score (nSPS) is 21.4. The topological polar surface area (TPSA) is 144 Å². The Balaban J connectivity index is 0.000000878. The second kappa shape index (κ2) is 9.09. The number of aliphatic hydroxyl groups is 1. The quantitative estimate of drug-likeness (QED) is 0.562. The highest BCUT2D eigenvalue weighted by Crippen LogP contribution is 2.35. The van der Waals surface area contributed by atoms with Crippen LogP contribution in [0.1, 0.15) is 22.3 Å². The van der Waals surface area contributed by atoms with Gasteiger partial charge in [-0.2, -0.15) is 5.10 Å². The molecule has 1 fully saturated rings. The number of carbonyl (C=O) groups excluding carboxylic acids is 1. The molecule has 0 spiro atoms. The molecule has 1 aliphatic rings. The van der Waals surface area contributed by atoms with Crippen molar-refractivity contribution < 1.29 is 34.1 Å². The summed E-state index contributed by atoms with van der Waals surface area (Å²) < 4.78 is 13.5. The highest BCUT2D eigenvalue weighted by Gasteiger charge is 2.50. The molecule has 1 aromatic carbocycles. The number of benzene rings is 1. The molecule has 1 aliphatic heterocycles. The highest BCUT2D eigenvalue weighted by molar-refractivity contribution is 5.94. The number of carboxylic acids is 1. The monoisotopic (exact) mass is 393 g/mol. The van der Waals surface area contributed by atoms with Gasteiger partial charge in [-0.3, -0.25) is 19.5 Å². The minimum absolute atomic E-state index is 0.0730. The SMILES string of the molecule is O=C(c1cn[nH]c1)N1CC[C@@H](O)[C@](Cc2cccc(F)c2)(C(=O)O)C1.O=CO. The van der Waals surface area contributed by atoms with Crippen LogP contribution in [0.5, 0.6) is 0 Å². The molecule has 0 bridgehead atoms. The van der Waals surface area contributed by atoms with Gasteiger partial charge in [0.25, 0.3) is 12.4 Å². The zero-order valence-electron chi connectivity index (χ0n) is 14.8. The van der Waals surface area contributed by atoms with E-state index < -0.39 is 23.3 Å². The number of piperidine rings is 1. The maximum atomic E-state index is 13.5. The van der Waals surface area contributed by atoms with E-state index in [0.29, 0.717) is 11.1 Å². The molecule has 10 heteroatoms. The molecular weight excluding hydrogens is 373 g/mol. The molecule has 2 atom stereocenters. The van der Waals surface area contributed by atoms with Crippen LogP contribution in [0.15, 0.2) is 36.7 Å². The van der Waals surface area contributed by atoms with Gasteiger partial charge >= 0.3 is 5.97 Å². The van der Waals surface area contributed by atoms with Gasteiger partial charge in [-0.25, -0.2) is 4.39 Å². The van der Waals surface area contributed by atoms with Crippen molar-refractivity contribution in [1.29, 1.82) is 0 Å². The molecule has 4 N–H and O–H groups in total. The number of hydrogen-bond donors (Lipinski definition) is 4. The number of nitrogens with zero attached hydrogens (tertiary/aromatic N) is 2. The summed E-state index contributed by atoms with van der Waals surface area (Å²) in [5, 5.41) is 33.4. The minimum Gasteiger partial charge on any atom is -0.483 e. The van der Waals surface area contributed by atoms with Crippen LogP contribution < -0.4 is 0 Å². The van der Waals surface area contributed by atoms with Crippen LogP contribution in [0.3, 0.4) is 0 Å². The van der Waals surface area contributed by atoms with Crippen LogP contribution in [0, 0.1) is 11.2 Å². The predicted molar refractivity (Wildman–Crippen MR) is 94.0 cm³/mol. The molecule has 1 amide bonds. The Hall–Kier alpha value is -3.27. The Morgan fingerprint density at radius 3 is 2.71 bits per heavy atom. The third kappa shape index (κ3) is 4.52. The Morgan fingerprint density at radius 2 is 2.14 bits per heavy atom. The molecule has 0 aliphatic carbocycles. The number of halogens is 1. The Bertz CT molecular complexity index is 828. The summed E-state index contributed by atoms with van der Waals surface area (Å²) in [4.78, 5) is 34.3. The first-order valence-corrected chi connectivity index (χ1v) is 8.36. The number of carboxylic acid groups (broad SMARTS) is 2. The number of H-pyrrole nitrogens is 1. The standard InChI is InChI=1S/C17H18FN3O4.CH2O2/c18-13-3-1-2-11(6-13)7-17(16(24)25)10-21(5-4-14(17)22)15(23)12-8-19-20-9-12;2-1-3/h1-3,6,8-9,14,22H,4-5,7,10H2,(H,19,20)(H,24,25);1H,(H,2,3)/t14-,17-;/m1./s1. The summed E-state index contributed by atoms with van der Waals surface area (Å²) in [6.07, 6.45) is 1.72. The Morgan fingerprint density at radius 1 is 1.43 bits per heavy atom. The van der Waals surface area contributed by atoms with Crippen molar-refractivity contribution in [2.24, 2.45) is 5.41 Å². The van der Waals surface area contributed by atoms with Crippen molar-refractivity contribution >= 4 is 18.3 Å². The van der Waals surface area contributed by atoms with E-state index in [1.54, 1.807) is 6.07 Å². The summed E-state index contributed by atoms with van der Waals surface area (Å²) in [5.41, 5.74) is -0.814. The number of nitrogens with one attached hydrogen (secondary N) is 1. The number of aromatic nitrogens is 2. The first kappa shape index (κ1) is 21.0. The molecule has 1 aromatic heterocycles. The van der Waals surface area contributed by atoms with Crippen molar-refractivity contribution in [1.82, 2.24) is 15.1 Å². The number of rotatable bonds is 4. The smallest absolute Gasteiger partial charge is 0.314 e. The van der Waals surface area contributed by atoms with E-state index in [4.69, 9.17) is 9.90 Å². The molecule has 3 rings (SSSR count). The average Bonchev–Trinajstić information content (AvgIpc) is 3.18. The van der Waals surface area contributed by atoms with Crippen molar-refractivity contribution in [2.45, 2.75) is 18.9 Å². The average molecular weight is 393 g/mol. The second-order valence-corrected chi connectivity index (χ2v) is 6.39.